The van der Waals surface area contributed by atoms with Crippen molar-refractivity contribution in [2.24, 2.45) is 0 Å². The first-order valence-electron chi connectivity index (χ1n) is 9.24. The number of hydrogen-bond acceptors (Lipinski definition) is 9. The average Bonchev–Trinajstić information content (AvgIpc) is 3.40. The first kappa shape index (κ1) is 16.9. The maximum atomic E-state index is 4.68. The van der Waals surface area contributed by atoms with Crippen LogP contribution in [0, 0.1) is 0 Å². The highest BCUT2D eigenvalue weighted by Crippen LogP contribution is 2.36. The number of rotatable bonds is 5. The van der Waals surface area contributed by atoms with Gasteiger partial charge in [0.25, 0.3) is 0 Å². The van der Waals surface area contributed by atoms with Crippen molar-refractivity contribution in [3.63, 3.8) is 0 Å². The fourth-order valence-electron chi connectivity index (χ4n) is 3.41. The van der Waals surface area contributed by atoms with Gasteiger partial charge in [-0.05, 0) is 37.1 Å². The van der Waals surface area contributed by atoms with Crippen LogP contribution in [0.4, 0.5) is 22.3 Å². The van der Waals surface area contributed by atoms with E-state index in [2.05, 4.69) is 41.0 Å². The van der Waals surface area contributed by atoms with Crippen LogP contribution in [0.1, 0.15) is 36.6 Å². The van der Waals surface area contributed by atoms with E-state index >= 15 is 0 Å². The van der Waals surface area contributed by atoms with Crippen LogP contribution >= 0.6 is 11.3 Å². The molecule has 0 aromatic carbocycles. The first-order valence-corrected chi connectivity index (χ1v) is 10.1. The number of nitrogens with zero attached hydrogens (tertiary/aromatic N) is 6. The first-order chi connectivity index (χ1) is 13.8. The van der Waals surface area contributed by atoms with Crippen molar-refractivity contribution >= 4 is 44.7 Å². The highest BCUT2D eigenvalue weighted by atomic mass is 32.1. The molecule has 0 saturated heterocycles. The molecule has 2 N–H and O–H groups in total. The summed E-state index contributed by atoms with van der Waals surface area (Å²) in [5.41, 5.74) is 3.30. The zero-order valence-electron chi connectivity index (χ0n) is 15.0. The molecule has 28 heavy (non-hydrogen) atoms. The summed E-state index contributed by atoms with van der Waals surface area (Å²) in [6.45, 7) is 0. The number of hydrogen-bond donors (Lipinski definition) is 2. The summed E-state index contributed by atoms with van der Waals surface area (Å²) < 4.78 is 0. The van der Waals surface area contributed by atoms with Gasteiger partial charge in [0.1, 0.15) is 10.8 Å². The molecule has 4 heterocycles. The molecule has 0 aliphatic heterocycles. The van der Waals surface area contributed by atoms with Crippen LogP contribution < -0.4 is 10.6 Å². The minimum absolute atomic E-state index is 0.568. The Labute approximate surface area is 165 Å². The van der Waals surface area contributed by atoms with Crippen LogP contribution in [0.25, 0.3) is 11.0 Å². The summed E-state index contributed by atoms with van der Waals surface area (Å²) in [6.07, 6.45) is 10.1. The van der Waals surface area contributed by atoms with Crippen LogP contribution in [0.2, 0.25) is 0 Å². The monoisotopic (exact) mass is 390 g/mol. The third-order valence-corrected chi connectivity index (χ3v) is 5.79. The summed E-state index contributed by atoms with van der Waals surface area (Å²) in [5, 5.41) is 24.7. The van der Waals surface area contributed by atoms with E-state index in [1.165, 1.54) is 25.7 Å². The Bertz CT molecular complexity index is 1090. The summed E-state index contributed by atoms with van der Waals surface area (Å²) in [7, 11) is 0. The molecule has 1 aliphatic carbocycles. The molecule has 4 aromatic heterocycles. The second kappa shape index (κ2) is 7.43. The van der Waals surface area contributed by atoms with Gasteiger partial charge >= 0.3 is 0 Å². The largest absolute Gasteiger partial charge is 0.353 e. The van der Waals surface area contributed by atoms with E-state index in [1.807, 2.05) is 24.3 Å². The van der Waals surface area contributed by atoms with Gasteiger partial charge in [-0.25, -0.2) is 4.98 Å². The fourth-order valence-corrected chi connectivity index (χ4v) is 4.33. The second-order valence-corrected chi connectivity index (χ2v) is 7.78. The molecule has 8 nitrogen and oxygen atoms in total. The highest BCUT2D eigenvalue weighted by molar-refractivity contribution is 7.15. The van der Waals surface area contributed by atoms with Crippen LogP contribution in [0.5, 0.6) is 0 Å². The molecule has 0 atom stereocenters. The van der Waals surface area contributed by atoms with E-state index in [-0.39, 0.29) is 0 Å². The van der Waals surface area contributed by atoms with E-state index in [0.717, 1.165) is 38.4 Å². The van der Waals surface area contributed by atoms with Crippen molar-refractivity contribution in [3.8, 4) is 0 Å². The van der Waals surface area contributed by atoms with Crippen LogP contribution in [0.3, 0.4) is 0 Å². The number of aromatic nitrogens is 6. The Morgan fingerprint density at radius 3 is 2.68 bits per heavy atom. The van der Waals surface area contributed by atoms with E-state index in [1.54, 1.807) is 29.9 Å². The minimum atomic E-state index is 0.568. The predicted molar refractivity (Wildman–Crippen MR) is 109 cm³/mol. The molecule has 1 fully saturated rings. The molecule has 0 amide bonds. The van der Waals surface area contributed by atoms with Gasteiger partial charge in [0, 0.05) is 5.92 Å². The molecule has 1 saturated carbocycles. The summed E-state index contributed by atoms with van der Waals surface area (Å²) in [6, 6.07) is 7.66. The van der Waals surface area contributed by atoms with Crippen molar-refractivity contribution < 1.29 is 0 Å². The number of fused-ring (bicyclic) bond motifs is 1. The molecule has 0 bridgehead atoms. The molecule has 4 aromatic rings. The van der Waals surface area contributed by atoms with Gasteiger partial charge in [-0.15, -0.1) is 10.2 Å². The van der Waals surface area contributed by atoms with Crippen LogP contribution in [-0.2, 0) is 0 Å². The Balaban J connectivity index is 1.36. The quantitative estimate of drug-likeness (QED) is 0.516. The van der Waals surface area contributed by atoms with E-state index in [0.29, 0.717) is 5.92 Å². The molecule has 1 aliphatic rings. The standard InChI is InChI=1S/C19H18N8S/c1-2-4-12(3-1)18-26-27-19(28-18)25-17-6-5-15-16(24-17)9-14(10-20-15)23-13-7-8-21-22-11-13/h5-12H,1-4H2,(H,21,23)(H,24,25,27). The zero-order chi connectivity index (χ0) is 18.8. The Morgan fingerprint density at radius 2 is 1.82 bits per heavy atom. The Morgan fingerprint density at radius 1 is 0.893 bits per heavy atom. The third kappa shape index (κ3) is 3.61. The molecular weight excluding hydrogens is 372 g/mol. The summed E-state index contributed by atoms with van der Waals surface area (Å²) in [4.78, 5) is 9.14. The van der Waals surface area contributed by atoms with E-state index in [9.17, 15) is 0 Å². The van der Waals surface area contributed by atoms with Gasteiger partial charge in [0.15, 0.2) is 0 Å². The van der Waals surface area contributed by atoms with Gasteiger partial charge in [0.2, 0.25) is 5.13 Å². The average molecular weight is 390 g/mol. The molecule has 0 spiro atoms. The third-order valence-electron chi connectivity index (χ3n) is 4.79. The van der Waals surface area contributed by atoms with E-state index < -0.39 is 0 Å². The van der Waals surface area contributed by atoms with Crippen LogP contribution in [-0.4, -0.2) is 30.4 Å². The lowest BCUT2D eigenvalue weighted by Gasteiger charge is -2.07. The molecule has 5 rings (SSSR count). The smallest absolute Gasteiger partial charge is 0.211 e. The van der Waals surface area contributed by atoms with Gasteiger partial charge in [-0.2, -0.15) is 10.2 Å². The predicted octanol–water partition coefficient (Wildman–Crippen LogP) is 4.42. The summed E-state index contributed by atoms with van der Waals surface area (Å²) >= 11 is 1.62. The summed E-state index contributed by atoms with van der Waals surface area (Å²) in [5.74, 6) is 1.30. The molecule has 140 valence electrons. The molecular formula is C19H18N8S. The van der Waals surface area contributed by atoms with Crippen molar-refractivity contribution in [1.82, 2.24) is 30.4 Å². The van der Waals surface area contributed by atoms with E-state index in [4.69, 9.17) is 0 Å². The van der Waals surface area contributed by atoms with Gasteiger partial charge in [-0.1, -0.05) is 24.2 Å². The highest BCUT2D eigenvalue weighted by Gasteiger charge is 2.21. The molecule has 0 unspecified atom stereocenters. The number of pyridine rings is 2. The van der Waals surface area contributed by atoms with Crippen molar-refractivity contribution in [3.05, 3.63) is 47.9 Å². The minimum Gasteiger partial charge on any atom is -0.353 e. The maximum Gasteiger partial charge on any atom is 0.211 e. The maximum absolute atomic E-state index is 4.68. The van der Waals surface area contributed by atoms with Gasteiger partial charge in [0.05, 0.1) is 41.0 Å². The normalized spacial score (nSPS) is 14.4. The van der Waals surface area contributed by atoms with Crippen molar-refractivity contribution in [2.75, 3.05) is 10.6 Å². The number of nitrogens with one attached hydrogen (secondary N) is 2. The lowest BCUT2D eigenvalue weighted by atomic mass is 10.1. The topological polar surface area (TPSA) is 101 Å². The SMILES string of the molecule is c1cc(Nc2cnc3ccc(Nc4nnc(C5CCCC5)s4)nc3c2)cnn1. The van der Waals surface area contributed by atoms with Crippen molar-refractivity contribution in [2.45, 2.75) is 31.6 Å². The van der Waals surface area contributed by atoms with Gasteiger partial charge < -0.3 is 10.6 Å². The lowest BCUT2D eigenvalue weighted by molar-refractivity contribution is 0.705. The number of anilines is 4. The van der Waals surface area contributed by atoms with Crippen LogP contribution in [0.15, 0.2) is 42.9 Å². The Hall–Kier alpha value is -3.20. The zero-order valence-corrected chi connectivity index (χ0v) is 15.9. The fraction of sp³-hybridized carbons (Fsp3) is 0.263. The second-order valence-electron chi connectivity index (χ2n) is 6.77. The van der Waals surface area contributed by atoms with Crippen molar-refractivity contribution in [1.29, 1.82) is 0 Å². The Kier molecular flexibility index (Phi) is 4.50. The van der Waals surface area contributed by atoms with Gasteiger partial charge in [-0.3, -0.25) is 4.98 Å². The lowest BCUT2D eigenvalue weighted by Crippen LogP contribution is -1.96. The molecule has 0 radical (unpaired) electrons. The molecule has 9 heteroatoms.